The maximum Gasteiger partial charge on any atom is 0.0435 e. The van der Waals surface area contributed by atoms with Crippen molar-refractivity contribution >= 4 is 0 Å². The molecule has 0 aliphatic carbocycles. The topological polar surface area (TPSA) is 23.5 Å². The summed E-state index contributed by atoms with van der Waals surface area (Å²) in [6.07, 6.45) is 4.46. The van der Waals surface area contributed by atoms with E-state index >= 15 is 0 Å². The van der Waals surface area contributed by atoms with Crippen LogP contribution in [0.3, 0.4) is 0 Å². The first-order valence-electron chi connectivity index (χ1n) is 4.91. The molecule has 1 N–H and O–H groups in total. The average Bonchev–Trinajstić information content (AvgIpc) is 2.00. The lowest BCUT2D eigenvalue weighted by atomic mass is 9.80. The molecule has 1 saturated heterocycles. The Morgan fingerprint density at radius 1 is 1.25 bits per heavy atom. The number of hydrogen-bond donors (Lipinski definition) is 1. The van der Waals surface area contributed by atoms with E-state index in [1.807, 2.05) is 0 Å². The largest absolute Gasteiger partial charge is 0.313 e. The summed E-state index contributed by atoms with van der Waals surface area (Å²) in [6.45, 7) is 8.51. The SMILES string of the molecule is CCC1(C)CCCC(C)(C)N1O. The molecule has 0 bridgehead atoms. The fourth-order valence-corrected chi connectivity index (χ4v) is 2.17. The predicted octanol–water partition coefficient (Wildman–Crippen LogP) is 2.81. The molecule has 0 saturated carbocycles. The van der Waals surface area contributed by atoms with Crippen LogP contribution in [0.25, 0.3) is 0 Å². The molecule has 1 fully saturated rings. The molecule has 0 aromatic heterocycles. The van der Waals surface area contributed by atoms with Gasteiger partial charge in [0.15, 0.2) is 0 Å². The van der Waals surface area contributed by atoms with Gasteiger partial charge in [0.1, 0.15) is 0 Å². The molecule has 1 unspecified atom stereocenters. The standard InChI is InChI=1S/C10H21NO/c1-5-10(4)8-6-7-9(2,3)11(10)12/h12H,5-8H2,1-4H3. The normalized spacial score (nSPS) is 36.8. The van der Waals surface area contributed by atoms with Crippen molar-refractivity contribution in [2.75, 3.05) is 0 Å². The Balaban J connectivity index is 2.79. The van der Waals surface area contributed by atoms with E-state index in [1.165, 1.54) is 6.42 Å². The molecule has 0 amide bonds. The number of piperidine rings is 1. The lowest BCUT2D eigenvalue weighted by Crippen LogP contribution is -2.57. The van der Waals surface area contributed by atoms with Gasteiger partial charge in [-0.3, -0.25) is 0 Å². The van der Waals surface area contributed by atoms with Crippen molar-refractivity contribution in [3.05, 3.63) is 0 Å². The first kappa shape index (κ1) is 10.0. The minimum atomic E-state index is -0.0387. The Kier molecular flexibility index (Phi) is 2.50. The zero-order chi connectivity index (χ0) is 9.41. The molecule has 72 valence electrons. The van der Waals surface area contributed by atoms with Crippen LogP contribution in [0.5, 0.6) is 0 Å². The Hall–Kier alpha value is -0.0800. The third-order valence-electron chi connectivity index (χ3n) is 3.35. The van der Waals surface area contributed by atoms with Gasteiger partial charge in [-0.1, -0.05) is 6.92 Å². The lowest BCUT2D eigenvalue weighted by Gasteiger charge is -2.50. The van der Waals surface area contributed by atoms with E-state index in [0.717, 1.165) is 19.3 Å². The summed E-state index contributed by atoms with van der Waals surface area (Å²) in [5.41, 5.74) is -0.0369. The molecule has 1 heterocycles. The van der Waals surface area contributed by atoms with Gasteiger partial charge >= 0.3 is 0 Å². The van der Waals surface area contributed by atoms with E-state index in [2.05, 4.69) is 27.7 Å². The zero-order valence-corrected chi connectivity index (χ0v) is 8.72. The molecule has 1 atom stereocenters. The Morgan fingerprint density at radius 3 is 2.25 bits per heavy atom. The van der Waals surface area contributed by atoms with Crippen LogP contribution >= 0.6 is 0 Å². The molecule has 0 aromatic carbocycles. The Morgan fingerprint density at radius 2 is 1.83 bits per heavy atom. The molecule has 1 aliphatic heterocycles. The van der Waals surface area contributed by atoms with Crippen LogP contribution in [0, 0.1) is 0 Å². The summed E-state index contributed by atoms with van der Waals surface area (Å²) in [5, 5.41) is 11.6. The van der Waals surface area contributed by atoms with E-state index < -0.39 is 0 Å². The molecule has 2 heteroatoms. The minimum absolute atomic E-state index is 0.00174. The molecule has 2 nitrogen and oxygen atoms in total. The summed E-state index contributed by atoms with van der Waals surface area (Å²) in [5.74, 6) is 0. The number of nitrogens with zero attached hydrogens (tertiary/aromatic N) is 1. The van der Waals surface area contributed by atoms with E-state index in [4.69, 9.17) is 0 Å². The monoisotopic (exact) mass is 171 g/mol. The molecule has 0 spiro atoms. The summed E-state index contributed by atoms with van der Waals surface area (Å²) in [4.78, 5) is 0. The summed E-state index contributed by atoms with van der Waals surface area (Å²) in [6, 6.07) is 0. The fraction of sp³-hybridized carbons (Fsp3) is 1.00. The van der Waals surface area contributed by atoms with Gasteiger partial charge in [-0.05, 0) is 46.5 Å². The molecule has 1 aliphatic rings. The van der Waals surface area contributed by atoms with Crippen LogP contribution in [0.1, 0.15) is 53.4 Å². The fourth-order valence-electron chi connectivity index (χ4n) is 2.17. The Labute approximate surface area is 75.5 Å². The van der Waals surface area contributed by atoms with E-state index in [-0.39, 0.29) is 11.1 Å². The Bertz CT molecular complexity index is 167. The van der Waals surface area contributed by atoms with E-state index in [9.17, 15) is 5.21 Å². The van der Waals surface area contributed by atoms with Crippen molar-refractivity contribution in [2.45, 2.75) is 64.5 Å². The molecule has 12 heavy (non-hydrogen) atoms. The summed E-state index contributed by atoms with van der Waals surface area (Å²) >= 11 is 0. The van der Waals surface area contributed by atoms with Crippen LogP contribution in [-0.4, -0.2) is 21.3 Å². The van der Waals surface area contributed by atoms with Gasteiger partial charge in [0, 0.05) is 11.1 Å². The zero-order valence-electron chi connectivity index (χ0n) is 8.72. The van der Waals surface area contributed by atoms with Crippen LogP contribution in [0.2, 0.25) is 0 Å². The molecule has 1 rings (SSSR count). The maximum atomic E-state index is 9.99. The average molecular weight is 171 g/mol. The quantitative estimate of drug-likeness (QED) is 0.655. The van der Waals surface area contributed by atoms with Crippen molar-refractivity contribution in [3.63, 3.8) is 0 Å². The summed E-state index contributed by atoms with van der Waals surface area (Å²) < 4.78 is 0. The highest BCUT2D eigenvalue weighted by Gasteiger charge is 2.42. The van der Waals surface area contributed by atoms with Gasteiger partial charge in [-0.15, -0.1) is 0 Å². The maximum absolute atomic E-state index is 9.99. The van der Waals surface area contributed by atoms with Crippen molar-refractivity contribution in [2.24, 2.45) is 0 Å². The molecular weight excluding hydrogens is 150 g/mol. The highest BCUT2D eigenvalue weighted by Crippen LogP contribution is 2.38. The first-order chi connectivity index (χ1) is 5.42. The van der Waals surface area contributed by atoms with Crippen molar-refractivity contribution in [1.29, 1.82) is 0 Å². The second-order valence-electron chi connectivity index (χ2n) is 4.83. The second-order valence-corrected chi connectivity index (χ2v) is 4.83. The number of hydrogen-bond acceptors (Lipinski definition) is 2. The lowest BCUT2D eigenvalue weighted by molar-refractivity contribution is -0.248. The number of rotatable bonds is 1. The van der Waals surface area contributed by atoms with Crippen LogP contribution in [-0.2, 0) is 0 Å². The molecule has 0 radical (unpaired) electrons. The van der Waals surface area contributed by atoms with Crippen molar-refractivity contribution < 1.29 is 5.21 Å². The smallest absolute Gasteiger partial charge is 0.0435 e. The number of hydroxylamine groups is 2. The second kappa shape index (κ2) is 3.00. The van der Waals surface area contributed by atoms with E-state index in [1.54, 1.807) is 5.06 Å². The van der Waals surface area contributed by atoms with Crippen molar-refractivity contribution in [3.8, 4) is 0 Å². The van der Waals surface area contributed by atoms with E-state index in [0.29, 0.717) is 0 Å². The highest BCUT2D eigenvalue weighted by molar-refractivity contribution is 4.93. The van der Waals surface area contributed by atoms with Gasteiger partial charge in [-0.2, -0.15) is 5.06 Å². The first-order valence-corrected chi connectivity index (χ1v) is 4.91. The molecular formula is C10H21NO. The predicted molar refractivity (Wildman–Crippen MR) is 50.3 cm³/mol. The third-order valence-corrected chi connectivity index (χ3v) is 3.35. The van der Waals surface area contributed by atoms with Gasteiger partial charge < -0.3 is 5.21 Å². The van der Waals surface area contributed by atoms with Crippen LogP contribution in [0.15, 0.2) is 0 Å². The minimum Gasteiger partial charge on any atom is -0.313 e. The van der Waals surface area contributed by atoms with Crippen molar-refractivity contribution in [1.82, 2.24) is 5.06 Å². The van der Waals surface area contributed by atoms with Crippen LogP contribution < -0.4 is 0 Å². The van der Waals surface area contributed by atoms with Gasteiger partial charge in [0.25, 0.3) is 0 Å². The highest BCUT2D eigenvalue weighted by atomic mass is 16.5. The van der Waals surface area contributed by atoms with Gasteiger partial charge in [0.05, 0.1) is 0 Å². The third kappa shape index (κ3) is 1.50. The van der Waals surface area contributed by atoms with Gasteiger partial charge in [-0.25, -0.2) is 0 Å². The van der Waals surface area contributed by atoms with Crippen LogP contribution in [0.4, 0.5) is 0 Å². The van der Waals surface area contributed by atoms with Gasteiger partial charge in [0.2, 0.25) is 0 Å². The summed E-state index contributed by atoms with van der Waals surface area (Å²) in [7, 11) is 0. The molecule has 0 aromatic rings.